The van der Waals surface area contributed by atoms with Gasteiger partial charge in [-0.05, 0) is 43.5 Å². The van der Waals surface area contributed by atoms with Gasteiger partial charge in [0.2, 0.25) is 5.91 Å². The normalized spacial score (nSPS) is 16.9. The van der Waals surface area contributed by atoms with Crippen molar-refractivity contribution in [2.45, 2.75) is 25.2 Å². The highest BCUT2D eigenvalue weighted by molar-refractivity contribution is 5.88. The molecule has 1 aliphatic rings. The van der Waals surface area contributed by atoms with E-state index in [0.717, 1.165) is 5.56 Å². The summed E-state index contributed by atoms with van der Waals surface area (Å²) in [5, 5.41) is 9.78. The molecule has 1 aromatic carbocycles. The van der Waals surface area contributed by atoms with E-state index in [-0.39, 0.29) is 5.91 Å². The van der Waals surface area contributed by atoms with E-state index < -0.39 is 11.4 Å². The molecule has 1 saturated heterocycles. The molecule has 5 heteroatoms. The van der Waals surface area contributed by atoms with Crippen molar-refractivity contribution in [2.75, 3.05) is 19.7 Å². The molecule has 0 atom stereocenters. The van der Waals surface area contributed by atoms with E-state index in [1.54, 1.807) is 11.0 Å². The summed E-state index contributed by atoms with van der Waals surface area (Å²) >= 11 is 0. The van der Waals surface area contributed by atoms with Crippen molar-refractivity contribution in [2.24, 2.45) is 0 Å². The molecule has 1 aromatic rings. The predicted molar refractivity (Wildman–Crippen MR) is 82.9 cm³/mol. The van der Waals surface area contributed by atoms with E-state index in [9.17, 15) is 14.7 Å². The lowest BCUT2D eigenvalue weighted by molar-refractivity contribution is -0.147. The highest BCUT2D eigenvalue weighted by Crippen LogP contribution is 2.37. The Labute approximate surface area is 130 Å². The molecule has 0 spiro atoms. The van der Waals surface area contributed by atoms with Crippen LogP contribution in [0.1, 0.15) is 25.3 Å². The van der Waals surface area contributed by atoms with Crippen LogP contribution < -0.4 is 4.74 Å². The molecule has 1 heterocycles. The second-order valence-electron chi connectivity index (χ2n) is 5.38. The van der Waals surface area contributed by atoms with Crippen LogP contribution in [0.2, 0.25) is 0 Å². The van der Waals surface area contributed by atoms with Crippen LogP contribution in [0.5, 0.6) is 5.75 Å². The topological polar surface area (TPSA) is 66.8 Å². The summed E-state index contributed by atoms with van der Waals surface area (Å²) in [6.45, 7) is 6.72. The zero-order valence-electron chi connectivity index (χ0n) is 12.7. The predicted octanol–water partition coefficient (Wildman–Crippen LogP) is 2.22. The molecule has 0 saturated carbocycles. The van der Waals surface area contributed by atoms with Gasteiger partial charge >= 0.3 is 5.97 Å². The maximum absolute atomic E-state index is 11.9. The van der Waals surface area contributed by atoms with Crippen molar-refractivity contribution in [1.82, 2.24) is 4.90 Å². The number of hydrogen-bond donors (Lipinski definition) is 1. The highest BCUT2D eigenvalue weighted by Gasteiger charge is 2.43. The Morgan fingerprint density at radius 3 is 2.64 bits per heavy atom. The Morgan fingerprint density at radius 2 is 2.09 bits per heavy atom. The first-order valence-electron chi connectivity index (χ1n) is 7.41. The lowest BCUT2D eigenvalue weighted by Gasteiger charge is -2.39. The molecule has 0 bridgehead atoms. The molecule has 0 aliphatic carbocycles. The van der Waals surface area contributed by atoms with Gasteiger partial charge in [-0.15, -0.1) is 0 Å². The van der Waals surface area contributed by atoms with Crippen LogP contribution in [0.25, 0.3) is 0 Å². The van der Waals surface area contributed by atoms with Gasteiger partial charge in [-0.3, -0.25) is 9.59 Å². The zero-order valence-corrected chi connectivity index (χ0v) is 12.7. The summed E-state index contributed by atoms with van der Waals surface area (Å²) in [5.74, 6) is -0.334. The van der Waals surface area contributed by atoms with Gasteiger partial charge in [-0.25, -0.2) is 0 Å². The van der Waals surface area contributed by atoms with E-state index >= 15 is 0 Å². The number of hydrogen-bond acceptors (Lipinski definition) is 3. The first-order valence-corrected chi connectivity index (χ1v) is 7.41. The maximum atomic E-state index is 11.9. The minimum atomic E-state index is -0.967. The summed E-state index contributed by atoms with van der Waals surface area (Å²) in [7, 11) is 0. The minimum Gasteiger partial charge on any atom is -0.494 e. The number of carboxylic acid groups (broad SMARTS) is 1. The molecule has 118 valence electrons. The highest BCUT2D eigenvalue weighted by atomic mass is 16.5. The number of likely N-dealkylation sites (tertiary alicyclic amines) is 1. The maximum Gasteiger partial charge on any atom is 0.314 e. The van der Waals surface area contributed by atoms with E-state index in [1.807, 2.05) is 25.1 Å². The summed E-state index contributed by atoms with van der Waals surface area (Å²) < 4.78 is 5.47. The Kier molecular flexibility index (Phi) is 4.85. The number of aliphatic carboxylic acids is 1. The van der Waals surface area contributed by atoms with E-state index in [4.69, 9.17) is 4.74 Å². The van der Waals surface area contributed by atoms with Crippen molar-refractivity contribution in [3.63, 3.8) is 0 Å². The monoisotopic (exact) mass is 303 g/mol. The van der Waals surface area contributed by atoms with Crippen LogP contribution in [0.15, 0.2) is 36.9 Å². The van der Waals surface area contributed by atoms with Gasteiger partial charge in [-0.1, -0.05) is 18.7 Å². The standard InChI is InChI=1S/C17H21NO4/c1-3-15(19)18-10-8-17(9-11-18,16(20)21)13-6-5-7-14(12-13)22-4-2/h3,5-7,12H,1,4,8-11H2,2H3,(H,20,21). The lowest BCUT2D eigenvalue weighted by Crippen LogP contribution is -2.48. The van der Waals surface area contributed by atoms with Crippen molar-refractivity contribution in [3.05, 3.63) is 42.5 Å². The van der Waals surface area contributed by atoms with Gasteiger partial charge in [-0.2, -0.15) is 0 Å². The number of carboxylic acids is 1. The van der Waals surface area contributed by atoms with Crippen molar-refractivity contribution in [1.29, 1.82) is 0 Å². The number of amides is 1. The molecular formula is C17H21NO4. The number of rotatable bonds is 5. The van der Waals surface area contributed by atoms with Gasteiger partial charge in [0.25, 0.3) is 0 Å². The van der Waals surface area contributed by atoms with Crippen LogP contribution in [0.3, 0.4) is 0 Å². The quantitative estimate of drug-likeness (QED) is 0.847. The average Bonchev–Trinajstić information content (AvgIpc) is 2.54. The fourth-order valence-electron chi connectivity index (χ4n) is 2.91. The average molecular weight is 303 g/mol. The largest absolute Gasteiger partial charge is 0.494 e. The summed E-state index contributed by atoms with van der Waals surface area (Å²) in [6.07, 6.45) is 2.04. The first-order chi connectivity index (χ1) is 10.5. The lowest BCUT2D eigenvalue weighted by atomic mass is 9.72. The molecule has 5 nitrogen and oxygen atoms in total. The van der Waals surface area contributed by atoms with Crippen LogP contribution >= 0.6 is 0 Å². The molecule has 22 heavy (non-hydrogen) atoms. The third-order valence-corrected chi connectivity index (χ3v) is 4.21. The second-order valence-corrected chi connectivity index (χ2v) is 5.38. The van der Waals surface area contributed by atoms with Crippen molar-refractivity contribution >= 4 is 11.9 Å². The van der Waals surface area contributed by atoms with Crippen molar-refractivity contribution in [3.8, 4) is 5.75 Å². The Hall–Kier alpha value is -2.30. The SMILES string of the molecule is C=CC(=O)N1CCC(C(=O)O)(c2cccc(OCC)c2)CC1. The Balaban J connectivity index is 2.27. The Morgan fingerprint density at radius 1 is 1.41 bits per heavy atom. The smallest absolute Gasteiger partial charge is 0.314 e. The van der Waals surface area contributed by atoms with Gasteiger partial charge in [0.05, 0.1) is 12.0 Å². The number of piperidine rings is 1. The molecule has 0 radical (unpaired) electrons. The number of carbonyl (C=O) groups is 2. The number of benzene rings is 1. The molecule has 0 unspecified atom stereocenters. The van der Waals surface area contributed by atoms with Crippen molar-refractivity contribution < 1.29 is 19.4 Å². The molecule has 1 N–H and O–H groups in total. The van der Waals surface area contributed by atoms with Crippen LogP contribution in [0.4, 0.5) is 0 Å². The molecule has 1 fully saturated rings. The third-order valence-electron chi connectivity index (χ3n) is 4.21. The Bertz CT molecular complexity index is 574. The molecule has 1 amide bonds. The second kappa shape index (κ2) is 6.64. The van der Waals surface area contributed by atoms with Gasteiger partial charge in [0, 0.05) is 13.1 Å². The number of carbonyl (C=O) groups excluding carboxylic acids is 1. The van der Waals surface area contributed by atoms with Gasteiger partial charge in [0.1, 0.15) is 5.75 Å². The zero-order chi connectivity index (χ0) is 16.2. The van der Waals surface area contributed by atoms with Crippen LogP contribution in [0, 0.1) is 0 Å². The number of nitrogens with zero attached hydrogens (tertiary/aromatic N) is 1. The molecule has 0 aromatic heterocycles. The van der Waals surface area contributed by atoms with Crippen LogP contribution in [-0.4, -0.2) is 41.6 Å². The first kappa shape index (κ1) is 16.1. The van der Waals surface area contributed by atoms with E-state index in [1.165, 1.54) is 6.08 Å². The van der Waals surface area contributed by atoms with Gasteiger partial charge in [0.15, 0.2) is 0 Å². The summed E-state index contributed by atoms with van der Waals surface area (Å²) in [4.78, 5) is 25.2. The summed E-state index contributed by atoms with van der Waals surface area (Å²) in [6, 6.07) is 7.25. The fourth-order valence-corrected chi connectivity index (χ4v) is 2.91. The molecule has 1 aliphatic heterocycles. The molecule has 2 rings (SSSR count). The van der Waals surface area contributed by atoms with E-state index in [2.05, 4.69) is 6.58 Å². The number of ether oxygens (including phenoxy) is 1. The molecular weight excluding hydrogens is 282 g/mol. The van der Waals surface area contributed by atoms with Crippen LogP contribution in [-0.2, 0) is 15.0 Å². The summed E-state index contributed by atoms with van der Waals surface area (Å²) in [5.41, 5.74) is -0.234. The van der Waals surface area contributed by atoms with Gasteiger partial charge < -0.3 is 14.7 Å². The minimum absolute atomic E-state index is 0.151. The third kappa shape index (κ3) is 2.98. The fraction of sp³-hybridized carbons (Fsp3) is 0.412. The van der Waals surface area contributed by atoms with E-state index in [0.29, 0.717) is 38.3 Å².